The highest BCUT2D eigenvalue weighted by Gasteiger charge is 2.52. The van der Waals surface area contributed by atoms with Crippen molar-refractivity contribution in [2.75, 3.05) is 6.61 Å². The molecule has 1 aromatic rings. The van der Waals surface area contributed by atoms with Gasteiger partial charge in [-0.15, -0.1) is 0 Å². The van der Waals surface area contributed by atoms with Crippen molar-refractivity contribution < 1.29 is 24.2 Å². The maximum absolute atomic E-state index is 11.9. The Labute approximate surface area is 111 Å². The molecule has 1 aliphatic rings. The largest absolute Gasteiger partial charge is 0.478 e. The van der Waals surface area contributed by atoms with E-state index >= 15 is 0 Å². The van der Waals surface area contributed by atoms with Gasteiger partial charge in [-0.1, -0.05) is 19.1 Å². The smallest absolute Gasteiger partial charge is 0.339 e. The monoisotopic (exact) mass is 264 g/mol. The Morgan fingerprint density at radius 3 is 2.42 bits per heavy atom. The van der Waals surface area contributed by atoms with Crippen molar-refractivity contribution in [1.82, 2.24) is 0 Å². The number of benzene rings is 1. The van der Waals surface area contributed by atoms with E-state index in [9.17, 15) is 9.59 Å². The SMILES string of the molecule is CCC1(COC(=O)c2ccccc2C(=O)O)OC1C. The second-order valence-corrected chi connectivity index (χ2v) is 4.61. The summed E-state index contributed by atoms with van der Waals surface area (Å²) in [7, 11) is 0. The van der Waals surface area contributed by atoms with Crippen LogP contribution < -0.4 is 0 Å². The standard InChI is InChI=1S/C14H16O5/c1-3-14(9(2)19-14)8-18-13(17)11-7-5-4-6-10(11)12(15)16/h4-7,9H,3,8H2,1-2H3,(H,15,16). The fourth-order valence-electron chi connectivity index (χ4n) is 2.06. The summed E-state index contributed by atoms with van der Waals surface area (Å²) in [5.41, 5.74) is -0.384. The highest BCUT2D eigenvalue weighted by molar-refractivity contribution is 6.02. The van der Waals surface area contributed by atoms with Crippen LogP contribution in [0, 0.1) is 0 Å². The van der Waals surface area contributed by atoms with E-state index in [-0.39, 0.29) is 23.8 Å². The van der Waals surface area contributed by atoms with Gasteiger partial charge in [0, 0.05) is 0 Å². The first-order valence-corrected chi connectivity index (χ1v) is 6.17. The minimum atomic E-state index is -1.14. The van der Waals surface area contributed by atoms with Crippen LogP contribution in [0.5, 0.6) is 0 Å². The van der Waals surface area contributed by atoms with Crippen molar-refractivity contribution in [3.63, 3.8) is 0 Å². The number of hydrogen-bond acceptors (Lipinski definition) is 4. The zero-order chi connectivity index (χ0) is 14.0. The van der Waals surface area contributed by atoms with E-state index in [1.54, 1.807) is 12.1 Å². The summed E-state index contributed by atoms with van der Waals surface area (Å²) in [5.74, 6) is -1.78. The van der Waals surface area contributed by atoms with E-state index in [2.05, 4.69) is 0 Å². The molecule has 5 heteroatoms. The van der Waals surface area contributed by atoms with Crippen molar-refractivity contribution in [3.05, 3.63) is 35.4 Å². The summed E-state index contributed by atoms with van der Waals surface area (Å²) in [6.45, 7) is 4.03. The lowest BCUT2D eigenvalue weighted by Gasteiger charge is -2.11. The molecular weight excluding hydrogens is 248 g/mol. The molecule has 0 radical (unpaired) electrons. The molecule has 2 unspecified atom stereocenters. The van der Waals surface area contributed by atoms with Crippen LogP contribution in [-0.4, -0.2) is 35.4 Å². The number of epoxide rings is 1. The zero-order valence-corrected chi connectivity index (χ0v) is 10.9. The molecule has 1 N–H and O–H groups in total. The van der Waals surface area contributed by atoms with E-state index in [1.807, 2.05) is 13.8 Å². The quantitative estimate of drug-likeness (QED) is 0.651. The third-order valence-corrected chi connectivity index (χ3v) is 3.52. The number of esters is 1. The van der Waals surface area contributed by atoms with Crippen LogP contribution in [0.2, 0.25) is 0 Å². The van der Waals surface area contributed by atoms with E-state index in [0.717, 1.165) is 6.42 Å². The van der Waals surface area contributed by atoms with Gasteiger partial charge in [-0.05, 0) is 25.5 Å². The average Bonchev–Trinajstić information content (AvgIpc) is 3.07. The van der Waals surface area contributed by atoms with E-state index in [1.165, 1.54) is 12.1 Å². The normalized spacial score (nSPS) is 24.8. The molecule has 2 rings (SSSR count). The molecule has 102 valence electrons. The summed E-state index contributed by atoms with van der Waals surface area (Å²) in [6.07, 6.45) is 0.821. The number of hydrogen-bond donors (Lipinski definition) is 1. The molecule has 0 amide bonds. The molecular formula is C14H16O5. The number of ether oxygens (including phenoxy) is 2. The Morgan fingerprint density at radius 2 is 1.95 bits per heavy atom. The fourth-order valence-corrected chi connectivity index (χ4v) is 2.06. The second-order valence-electron chi connectivity index (χ2n) is 4.61. The van der Waals surface area contributed by atoms with E-state index in [0.29, 0.717) is 0 Å². The van der Waals surface area contributed by atoms with E-state index < -0.39 is 17.5 Å². The lowest BCUT2D eigenvalue weighted by molar-refractivity contribution is 0.0384. The summed E-state index contributed by atoms with van der Waals surface area (Å²) in [6, 6.07) is 6.00. The highest BCUT2D eigenvalue weighted by Crippen LogP contribution is 2.39. The molecule has 0 spiro atoms. The number of carboxylic acid groups (broad SMARTS) is 1. The lowest BCUT2D eigenvalue weighted by atomic mass is 10.0. The van der Waals surface area contributed by atoms with Gasteiger partial charge in [0.1, 0.15) is 12.2 Å². The predicted molar refractivity (Wildman–Crippen MR) is 67.3 cm³/mol. The number of carbonyl (C=O) groups excluding carboxylic acids is 1. The zero-order valence-electron chi connectivity index (χ0n) is 10.9. The van der Waals surface area contributed by atoms with Crippen molar-refractivity contribution in [1.29, 1.82) is 0 Å². The molecule has 1 fully saturated rings. The third kappa shape index (κ3) is 2.61. The van der Waals surface area contributed by atoms with Gasteiger partial charge in [0.05, 0.1) is 17.2 Å². The maximum atomic E-state index is 11.9. The topological polar surface area (TPSA) is 76.1 Å². The van der Waals surface area contributed by atoms with Crippen molar-refractivity contribution >= 4 is 11.9 Å². The minimum Gasteiger partial charge on any atom is -0.478 e. The van der Waals surface area contributed by atoms with Crippen LogP contribution in [0.25, 0.3) is 0 Å². The second kappa shape index (κ2) is 5.01. The minimum absolute atomic E-state index is 0.0530. The van der Waals surface area contributed by atoms with Gasteiger partial charge in [0.2, 0.25) is 0 Å². The Bertz CT molecular complexity index is 506. The maximum Gasteiger partial charge on any atom is 0.339 e. The molecule has 1 aromatic carbocycles. The third-order valence-electron chi connectivity index (χ3n) is 3.52. The summed E-state index contributed by atoms with van der Waals surface area (Å²) in [4.78, 5) is 22.9. The number of carboxylic acids is 1. The molecule has 0 aromatic heterocycles. The van der Waals surface area contributed by atoms with Crippen LogP contribution >= 0.6 is 0 Å². The summed E-state index contributed by atoms with van der Waals surface area (Å²) >= 11 is 0. The van der Waals surface area contributed by atoms with Gasteiger partial charge in [0.15, 0.2) is 0 Å². The summed E-state index contributed by atoms with van der Waals surface area (Å²) < 4.78 is 10.6. The van der Waals surface area contributed by atoms with Gasteiger partial charge in [-0.3, -0.25) is 0 Å². The first-order chi connectivity index (χ1) is 9.00. The Balaban J connectivity index is 2.07. The summed E-state index contributed by atoms with van der Waals surface area (Å²) in [5, 5.41) is 9.01. The first kappa shape index (κ1) is 13.5. The molecule has 1 aliphatic heterocycles. The van der Waals surface area contributed by atoms with Crippen LogP contribution in [0.15, 0.2) is 24.3 Å². The number of rotatable bonds is 5. The van der Waals surface area contributed by atoms with E-state index in [4.69, 9.17) is 14.6 Å². The first-order valence-electron chi connectivity index (χ1n) is 6.17. The Morgan fingerprint density at radius 1 is 1.37 bits per heavy atom. The molecule has 1 heterocycles. The van der Waals surface area contributed by atoms with Gasteiger partial charge in [-0.25, -0.2) is 9.59 Å². The molecule has 0 aliphatic carbocycles. The molecule has 1 saturated heterocycles. The van der Waals surface area contributed by atoms with Crippen LogP contribution in [0.1, 0.15) is 41.0 Å². The molecule has 0 bridgehead atoms. The molecule has 5 nitrogen and oxygen atoms in total. The van der Waals surface area contributed by atoms with Gasteiger partial charge >= 0.3 is 11.9 Å². The lowest BCUT2D eigenvalue weighted by Crippen LogP contribution is -2.24. The average molecular weight is 264 g/mol. The molecule has 0 saturated carbocycles. The fraction of sp³-hybridized carbons (Fsp3) is 0.429. The van der Waals surface area contributed by atoms with Gasteiger partial charge < -0.3 is 14.6 Å². The molecule has 19 heavy (non-hydrogen) atoms. The van der Waals surface area contributed by atoms with Crippen LogP contribution in [0.3, 0.4) is 0 Å². The number of aromatic carboxylic acids is 1. The van der Waals surface area contributed by atoms with Gasteiger partial charge in [-0.2, -0.15) is 0 Å². The predicted octanol–water partition coefficient (Wildman–Crippen LogP) is 2.11. The Hall–Kier alpha value is -1.88. The van der Waals surface area contributed by atoms with Crippen LogP contribution in [-0.2, 0) is 9.47 Å². The van der Waals surface area contributed by atoms with Crippen molar-refractivity contribution in [3.8, 4) is 0 Å². The Kier molecular flexibility index (Phi) is 3.57. The van der Waals surface area contributed by atoms with Gasteiger partial charge in [0.25, 0.3) is 0 Å². The molecule has 2 atom stereocenters. The number of carbonyl (C=O) groups is 2. The van der Waals surface area contributed by atoms with Crippen molar-refractivity contribution in [2.45, 2.75) is 32.0 Å². The highest BCUT2D eigenvalue weighted by atomic mass is 16.6. The van der Waals surface area contributed by atoms with Crippen LogP contribution in [0.4, 0.5) is 0 Å². The van der Waals surface area contributed by atoms with Crippen molar-refractivity contribution in [2.24, 2.45) is 0 Å².